The minimum Gasteiger partial charge on any atom is -0.599 e. The van der Waals surface area contributed by atoms with Crippen molar-refractivity contribution in [2.45, 2.75) is 36.6 Å². The zero-order valence-electron chi connectivity index (χ0n) is 15.4. The van der Waals surface area contributed by atoms with Crippen LogP contribution < -0.4 is 4.76 Å². The Hall–Kier alpha value is -1.37. The molecular weight excluding hydrogens is 366 g/mol. The summed E-state index contributed by atoms with van der Waals surface area (Å²) in [6.45, 7) is 7.45. The van der Waals surface area contributed by atoms with E-state index in [4.69, 9.17) is 11.6 Å². The molecule has 0 aromatic heterocycles. The lowest BCUT2D eigenvalue weighted by Gasteiger charge is -2.35. The SMILES string of the molecule is Cc1ccc2c3c1Sc1cc(Cl)ccc1C3=N[N+]2([O-])CCN(C)C(C)C. The highest BCUT2D eigenvalue weighted by Gasteiger charge is 2.40. The quantitative estimate of drug-likeness (QED) is 0.465. The fraction of sp³-hybridized carbons (Fsp3) is 0.350. The summed E-state index contributed by atoms with van der Waals surface area (Å²) in [5, 5.41) is 19.1. The molecule has 0 spiro atoms. The second-order valence-electron chi connectivity index (χ2n) is 7.30. The van der Waals surface area contributed by atoms with E-state index in [1.54, 1.807) is 11.8 Å². The molecule has 2 aliphatic rings. The van der Waals surface area contributed by atoms with Crippen LogP contribution in [0.15, 0.2) is 45.2 Å². The van der Waals surface area contributed by atoms with E-state index < -0.39 is 4.76 Å². The van der Waals surface area contributed by atoms with Crippen molar-refractivity contribution in [3.05, 3.63) is 57.3 Å². The Morgan fingerprint density at radius 1 is 1.27 bits per heavy atom. The normalized spacial score (nSPS) is 20.4. The van der Waals surface area contributed by atoms with Gasteiger partial charge < -0.3 is 5.21 Å². The number of rotatable bonds is 4. The largest absolute Gasteiger partial charge is 0.599 e. The molecule has 4 rings (SSSR count). The summed E-state index contributed by atoms with van der Waals surface area (Å²) < 4.78 is -0.641. The minimum atomic E-state index is -0.641. The van der Waals surface area contributed by atoms with Gasteiger partial charge in [-0.15, -0.1) is 0 Å². The summed E-state index contributed by atoms with van der Waals surface area (Å²) in [7, 11) is 2.05. The van der Waals surface area contributed by atoms with Crippen LogP contribution in [0.3, 0.4) is 0 Å². The average Bonchev–Trinajstić information content (AvgIpc) is 2.89. The molecule has 2 heterocycles. The second kappa shape index (κ2) is 6.36. The van der Waals surface area contributed by atoms with E-state index in [1.165, 1.54) is 5.56 Å². The lowest BCUT2D eigenvalue weighted by molar-refractivity contribution is 0.241. The van der Waals surface area contributed by atoms with Crippen LogP contribution in [0.5, 0.6) is 0 Å². The predicted octanol–water partition coefficient (Wildman–Crippen LogP) is 5.02. The van der Waals surface area contributed by atoms with Crippen molar-refractivity contribution in [3.8, 4) is 0 Å². The van der Waals surface area contributed by atoms with Crippen molar-refractivity contribution in [1.82, 2.24) is 9.66 Å². The molecule has 2 aromatic carbocycles. The molecule has 0 bridgehead atoms. The van der Waals surface area contributed by atoms with Crippen LogP contribution in [-0.4, -0.2) is 36.8 Å². The molecule has 4 nitrogen and oxygen atoms in total. The summed E-state index contributed by atoms with van der Waals surface area (Å²) in [5.74, 6) is 0. The molecule has 1 atom stereocenters. The third kappa shape index (κ3) is 2.79. The van der Waals surface area contributed by atoms with Crippen molar-refractivity contribution in [3.63, 3.8) is 0 Å². The zero-order chi connectivity index (χ0) is 18.6. The van der Waals surface area contributed by atoms with Gasteiger partial charge in [0.15, 0.2) is 5.69 Å². The van der Waals surface area contributed by atoms with E-state index in [0.717, 1.165) is 32.3 Å². The Labute approximate surface area is 163 Å². The van der Waals surface area contributed by atoms with Crippen LogP contribution in [0.25, 0.3) is 0 Å². The highest BCUT2D eigenvalue weighted by atomic mass is 35.5. The van der Waals surface area contributed by atoms with Gasteiger partial charge in [-0.3, -0.25) is 4.90 Å². The summed E-state index contributed by atoms with van der Waals surface area (Å²) in [6.07, 6.45) is 0. The van der Waals surface area contributed by atoms with Crippen LogP contribution in [0.1, 0.15) is 30.5 Å². The van der Waals surface area contributed by atoms with Crippen molar-refractivity contribution < 1.29 is 0 Å². The maximum atomic E-state index is 13.7. The van der Waals surface area contributed by atoms with Gasteiger partial charge in [-0.05, 0) is 51.6 Å². The highest BCUT2D eigenvalue weighted by Crippen LogP contribution is 2.50. The molecule has 0 N–H and O–H groups in total. The predicted molar refractivity (Wildman–Crippen MR) is 110 cm³/mol. The standard InChI is InChI=1S/C20H22ClN3OS/c1-12(2)23(4)9-10-24(25)16-8-5-13(3)20-18(16)19(22-24)15-7-6-14(21)11-17(15)26-20/h5-8,11-12H,9-10H2,1-4H3. The van der Waals surface area contributed by atoms with Crippen LogP contribution >= 0.6 is 23.4 Å². The molecule has 0 fully saturated rings. The summed E-state index contributed by atoms with van der Waals surface area (Å²) >= 11 is 7.88. The Bertz CT molecular complexity index is 928. The van der Waals surface area contributed by atoms with Gasteiger partial charge in [0.1, 0.15) is 12.3 Å². The van der Waals surface area contributed by atoms with Gasteiger partial charge in [0.05, 0.1) is 12.1 Å². The van der Waals surface area contributed by atoms with E-state index in [9.17, 15) is 5.21 Å². The third-order valence-electron chi connectivity index (χ3n) is 5.26. The van der Waals surface area contributed by atoms with Crippen molar-refractivity contribution in [2.24, 2.45) is 5.10 Å². The number of fused-ring (bicyclic) bond motifs is 2. The Balaban J connectivity index is 1.82. The van der Waals surface area contributed by atoms with Crippen LogP contribution in [0, 0.1) is 12.1 Å². The van der Waals surface area contributed by atoms with E-state index >= 15 is 0 Å². The fourth-order valence-electron chi connectivity index (χ4n) is 3.39. The number of hydrogen-bond acceptors (Lipinski definition) is 4. The Morgan fingerprint density at radius 2 is 2.04 bits per heavy atom. The van der Waals surface area contributed by atoms with Crippen molar-refractivity contribution in [1.29, 1.82) is 0 Å². The molecule has 26 heavy (non-hydrogen) atoms. The van der Waals surface area contributed by atoms with Gasteiger partial charge in [0, 0.05) is 32.5 Å². The van der Waals surface area contributed by atoms with E-state index in [-0.39, 0.29) is 0 Å². The van der Waals surface area contributed by atoms with E-state index in [1.807, 2.05) is 37.4 Å². The maximum Gasteiger partial charge on any atom is 0.170 e. The minimum absolute atomic E-state index is 0.398. The molecule has 1 unspecified atom stereocenters. The monoisotopic (exact) mass is 387 g/mol. The number of aryl methyl sites for hydroxylation is 1. The van der Waals surface area contributed by atoms with Crippen LogP contribution in [0.2, 0.25) is 5.02 Å². The van der Waals surface area contributed by atoms with Gasteiger partial charge >= 0.3 is 0 Å². The Kier molecular flexibility index (Phi) is 4.40. The van der Waals surface area contributed by atoms with Gasteiger partial charge in [0.25, 0.3) is 0 Å². The number of hydrogen-bond donors (Lipinski definition) is 0. The topological polar surface area (TPSA) is 38.7 Å². The maximum absolute atomic E-state index is 13.7. The number of likely N-dealkylation sites (N-methyl/N-ethyl adjacent to an activating group) is 1. The second-order valence-corrected chi connectivity index (χ2v) is 8.79. The summed E-state index contributed by atoms with van der Waals surface area (Å²) in [5.41, 5.74) is 4.75. The smallest absolute Gasteiger partial charge is 0.170 e. The average molecular weight is 388 g/mol. The van der Waals surface area contributed by atoms with Crippen molar-refractivity contribution >= 4 is 34.8 Å². The number of nitrogens with zero attached hydrogens (tertiary/aromatic N) is 3. The summed E-state index contributed by atoms with van der Waals surface area (Å²) in [4.78, 5) is 4.38. The number of quaternary nitrogens is 1. The first-order chi connectivity index (χ1) is 12.3. The lowest BCUT2D eigenvalue weighted by Crippen LogP contribution is -2.43. The van der Waals surface area contributed by atoms with Gasteiger partial charge in [-0.2, -0.15) is 4.76 Å². The van der Waals surface area contributed by atoms with Gasteiger partial charge in [0.2, 0.25) is 0 Å². The number of hydroxylamine groups is 1. The van der Waals surface area contributed by atoms with E-state index in [2.05, 4.69) is 30.8 Å². The molecular formula is C20H22ClN3OS. The number of halogens is 1. The molecule has 2 aromatic rings. The molecule has 136 valence electrons. The molecule has 0 amide bonds. The van der Waals surface area contributed by atoms with Crippen LogP contribution in [-0.2, 0) is 0 Å². The first-order valence-corrected chi connectivity index (χ1v) is 10.0. The molecule has 6 heteroatoms. The first kappa shape index (κ1) is 18.0. The first-order valence-electron chi connectivity index (χ1n) is 8.82. The molecule has 2 aliphatic heterocycles. The lowest BCUT2D eigenvalue weighted by atomic mass is 9.99. The fourth-order valence-corrected chi connectivity index (χ4v) is 4.84. The molecule has 0 saturated heterocycles. The molecule has 0 radical (unpaired) electrons. The highest BCUT2D eigenvalue weighted by molar-refractivity contribution is 7.99. The Morgan fingerprint density at radius 3 is 2.77 bits per heavy atom. The third-order valence-corrected chi connectivity index (χ3v) is 6.78. The van der Waals surface area contributed by atoms with Gasteiger partial charge in [-0.1, -0.05) is 34.5 Å². The zero-order valence-corrected chi connectivity index (χ0v) is 17.0. The number of benzene rings is 2. The molecule has 0 aliphatic carbocycles. The van der Waals surface area contributed by atoms with Gasteiger partial charge in [-0.25, -0.2) is 0 Å². The van der Waals surface area contributed by atoms with Crippen molar-refractivity contribution in [2.75, 3.05) is 20.1 Å². The molecule has 0 saturated carbocycles. The summed E-state index contributed by atoms with van der Waals surface area (Å²) in [6, 6.07) is 10.2. The van der Waals surface area contributed by atoms with Crippen LogP contribution in [0.4, 0.5) is 5.69 Å². The van der Waals surface area contributed by atoms with E-state index in [0.29, 0.717) is 24.2 Å².